The van der Waals surface area contributed by atoms with E-state index >= 15 is 0 Å². The van der Waals surface area contributed by atoms with Gasteiger partial charge in [0.25, 0.3) is 0 Å². The number of hydrogen-bond acceptors (Lipinski definition) is 4. The molecule has 3 nitrogen and oxygen atoms in total. The van der Waals surface area contributed by atoms with Gasteiger partial charge < -0.3 is 0 Å². The van der Waals surface area contributed by atoms with E-state index in [9.17, 15) is 4.79 Å². The fraction of sp³-hybridized carbons (Fsp3) is 0.412. The van der Waals surface area contributed by atoms with E-state index in [2.05, 4.69) is 18.8 Å². The summed E-state index contributed by atoms with van der Waals surface area (Å²) in [5, 5.41) is 3.11. The van der Waals surface area contributed by atoms with Crippen LogP contribution in [0.2, 0.25) is 0 Å². The normalized spacial score (nSPS) is 11.3. The molecule has 0 N–H and O–H groups in total. The maximum absolute atomic E-state index is 12.3. The highest BCUT2D eigenvalue weighted by molar-refractivity contribution is 7.09. The molecule has 112 valence electrons. The number of carbonyl (C=O) groups excluding carboxylic acids is 1. The average molecular weight is 302 g/mol. The lowest BCUT2D eigenvalue weighted by Crippen LogP contribution is -2.25. The molecule has 0 atom stereocenters. The van der Waals surface area contributed by atoms with Crippen molar-refractivity contribution >= 4 is 17.1 Å². The van der Waals surface area contributed by atoms with E-state index in [-0.39, 0.29) is 5.78 Å². The van der Waals surface area contributed by atoms with Crippen LogP contribution in [0, 0.1) is 6.92 Å². The number of aryl methyl sites for hydroxylation is 1. The Morgan fingerprint density at radius 1 is 1.29 bits per heavy atom. The van der Waals surface area contributed by atoms with Crippen LogP contribution in [0.5, 0.6) is 0 Å². The molecule has 0 radical (unpaired) electrons. The first-order chi connectivity index (χ1) is 9.95. The Morgan fingerprint density at radius 2 is 1.95 bits per heavy atom. The number of carbonyl (C=O) groups is 1. The maximum atomic E-state index is 12.3. The van der Waals surface area contributed by atoms with Gasteiger partial charge in [0.15, 0.2) is 5.78 Å². The van der Waals surface area contributed by atoms with E-state index in [0.717, 1.165) is 16.3 Å². The Hall–Kier alpha value is -1.52. The summed E-state index contributed by atoms with van der Waals surface area (Å²) in [5.41, 5.74) is 3.07. The van der Waals surface area contributed by atoms with Crippen LogP contribution in [0.4, 0.5) is 0 Å². The van der Waals surface area contributed by atoms with Crippen molar-refractivity contribution in [3.63, 3.8) is 0 Å². The Balaban J connectivity index is 1.94. The molecule has 2 rings (SSSR count). The van der Waals surface area contributed by atoms with Gasteiger partial charge in [-0.1, -0.05) is 38.1 Å². The number of Topliss-reactive ketones (excluding diaryl/α,β-unsaturated/α-hetero) is 1. The van der Waals surface area contributed by atoms with Crippen LogP contribution >= 0.6 is 11.3 Å². The van der Waals surface area contributed by atoms with Crippen LogP contribution in [0.1, 0.15) is 46.4 Å². The van der Waals surface area contributed by atoms with Crippen molar-refractivity contribution in [2.24, 2.45) is 0 Å². The third-order valence-electron chi connectivity index (χ3n) is 3.41. The Labute approximate surface area is 130 Å². The van der Waals surface area contributed by atoms with Crippen molar-refractivity contribution in [2.45, 2.75) is 33.2 Å². The van der Waals surface area contributed by atoms with E-state index in [1.54, 1.807) is 11.3 Å². The van der Waals surface area contributed by atoms with Crippen LogP contribution in [0.15, 0.2) is 29.6 Å². The van der Waals surface area contributed by atoms with Gasteiger partial charge in [-0.3, -0.25) is 9.69 Å². The van der Waals surface area contributed by atoms with Gasteiger partial charge in [0.1, 0.15) is 0 Å². The fourth-order valence-corrected chi connectivity index (χ4v) is 2.81. The monoisotopic (exact) mass is 302 g/mol. The van der Waals surface area contributed by atoms with Gasteiger partial charge in [-0.05, 0) is 25.5 Å². The number of benzene rings is 1. The predicted octanol–water partition coefficient (Wildman–Crippen LogP) is 3.89. The molecule has 0 amide bonds. The van der Waals surface area contributed by atoms with Crippen LogP contribution in [0.25, 0.3) is 0 Å². The molecular weight excluding hydrogens is 280 g/mol. The van der Waals surface area contributed by atoms with Crippen molar-refractivity contribution in [3.8, 4) is 0 Å². The summed E-state index contributed by atoms with van der Waals surface area (Å²) in [6, 6.07) is 7.94. The smallest absolute Gasteiger partial charge is 0.176 e. The summed E-state index contributed by atoms with van der Waals surface area (Å²) in [5.74, 6) is 0.643. The second-order valence-electron chi connectivity index (χ2n) is 5.73. The zero-order valence-electron chi connectivity index (χ0n) is 13.1. The molecule has 0 aliphatic rings. The summed E-state index contributed by atoms with van der Waals surface area (Å²) < 4.78 is 0. The standard InChI is InChI=1S/C17H22N2OS/c1-12(2)14-5-7-15(8-6-14)17(20)10-19(4)9-16-11-21-13(3)18-16/h5-8,11-12H,9-10H2,1-4H3. The van der Waals surface area contributed by atoms with Gasteiger partial charge >= 0.3 is 0 Å². The summed E-state index contributed by atoms with van der Waals surface area (Å²) in [6.07, 6.45) is 0. The Kier molecular flexibility index (Phi) is 5.26. The van der Waals surface area contributed by atoms with Gasteiger partial charge in [-0.2, -0.15) is 0 Å². The Bertz CT molecular complexity index is 602. The van der Waals surface area contributed by atoms with Gasteiger partial charge in [-0.15, -0.1) is 11.3 Å². The highest BCUT2D eigenvalue weighted by Crippen LogP contribution is 2.15. The van der Waals surface area contributed by atoms with Gasteiger partial charge in [0.05, 0.1) is 17.2 Å². The molecule has 0 aliphatic carbocycles. The molecule has 4 heteroatoms. The van der Waals surface area contributed by atoms with Crippen molar-refractivity contribution in [1.82, 2.24) is 9.88 Å². The third-order valence-corrected chi connectivity index (χ3v) is 4.23. The molecular formula is C17H22N2OS. The molecule has 2 aromatic rings. The number of nitrogens with zero attached hydrogens (tertiary/aromatic N) is 2. The molecule has 0 fully saturated rings. The topological polar surface area (TPSA) is 33.2 Å². The average Bonchev–Trinajstić information content (AvgIpc) is 2.83. The zero-order chi connectivity index (χ0) is 15.4. The van der Waals surface area contributed by atoms with E-state index in [1.165, 1.54) is 5.56 Å². The third kappa shape index (κ3) is 4.48. The van der Waals surface area contributed by atoms with Crippen molar-refractivity contribution in [3.05, 3.63) is 51.5 Å². The molecule has 1 heterocycles. The molecule has 0 saturated carbocycles. The summed E-state index contributed by atoms with van der Waals surface area (Å²) in [4.78, 5) is 18.7. The van der Waals surface area contributed by atoms with Crippen molar-refractivity contribution in [1.29, 1.82) is 0 Å². The zero-order valence-corrected chi connectivity index (χ0v) is 13.9. The van der Waals surface area contributed by atoms with E-state index in [4.69, 9.17) is 0 Å². The first-order valence-corrected chi connectivity index (χ1v) is 8.06. The molecule has 1 aromatic heterocycles. The van der Waals surface area contributed by atoms with Crippen molar-refractivity contribution in [2.75, 3.05) is 13.6 Å². The molecule has 1 aromatic carbocycles. The van der Waals surface area contributed by atoms with Crippen LogP contribution in [-0.2, 0) is 6.54 Å². The first kappa shape index (κ1) is 15.9. The number of ketones is 1. The predicted molar refractivity (Wildman–Crippen MR) is 88.0 cm³/mol. The minimum absolute atomic E-state index is 0.153. The number of thiazole rings is 1. The minimum atomic E-state index is 0.153. The lowest BCUT2D eigenvalue weighted by Gasteiger charge is -2.14. The largest absolute Gasteiger partial charge is 0.293 e. The summed E-state index contributed by atoms with van der Waals surface area (Å²) in [6.45, 7) is 7.42. The fourth-order valence-electron chi connectivity index (χ4n) is 2.20. The Morgan fingerprint density at radius 3 is 2.48 bits per heavy atom. The maximum Gasteiger partial charge on any atom is 0.176 e. The van der Waals surface area contributed by atoms with Gasteiger partial charge in [-0.25, -0.2) is 4.98 Å². The SMILES string of the molecule is Cc1nc(CN(C)CC(=O)c2ccc(C(C)C)cc2)cs1. The van der Waals surface area contributed by atoms with Crippen LogP contribution in [-0.4, -0.2) is 29.3 Å². The lowest BCUT2D eigenvalue weighted by molar-refractivity contribution is 0.0942. The quantitative estimate of drug-likeness (QED) is 0.759. The minimum Gasteiger partial charge on any atom is -0.293 e. The number of rotatable bonds is 6. The van der Waals surface area contributed by atoms with Gasteiger partial charge in [0.2, 0.25) is 0 Å². The molecule has 0 spiro atoms. The molecule has 0 bridgehead atoms. The highest BCUT2D eigenvalue weighted by atomic mass is 32.1. The van der Waals surface area contributed by atoms with Crippen LogP contribution in [0.3, 0.4) is 0 Å². The van der Waals surface area contributed by atoms with Crippen molar-refractivity contribution < 1.29 is 4.79 Å². The van der Waals surface area contributed by atoms with E-state index in [1.807, 2.05) is 48.5 Å². The molecule has 0 unspecified atom stereocenters. The summed E-state index contributed by atoms with van der Waals surface area (Å²) in [7, 11) is 1.95. The summed E-state index contributed by atoms with van der Waals surface area (Å²) >= 11 is 1.64. The van der Waals surface area contributed by atoms with E-state index < -0.39 is 0 Å². The molecule has 0 aliphatic heterocycles. The molecule has 0 saturated heterocycles. The second kappa shape index (κ2) is 6.96. The molecule has 21 heavy (non-hydrogen) atoms. The number of hydrogen-bond donors (Lipinski definition) is 0. The highest BCUT2D eigenvalue weighted by Gasteiger charge is 2.11. The second-order valence-corrected chi connectivity index (χ2v) is 6.79. The first-order valence-electron chi connectivity index (χ1n) is 7.18. The van der Waals surface area contributed by atoms with E-state index in [0.29, 0.717) is 19.0 Å². The van der Waals surface area contributed by atoms with Gasteiger partial charge in [0, 0.05) is 17.5 Å². The number of likely N-dealkylation sites (N-methyl/N-ethyl adjacent to an activating group) is 1. The number of aromatic nitrogens is 1. The van der Waals surface area contributed by atoms with Crippen LogP contribution < -0.4 is 0 Å². The lowest BCUT2D eigenvalue weighted by atomic mass is 10.0.